The van der Waals surface area contributed by atoms with E-state index in [9.17, 15) is 78.0 Å². The lowest BCUT2D eigenvalue weighted by Gasteiger charge is -2.29. The van der Waals surface area contributed by atoms with Crippen LogP contribution in [0, 0.1) is 5.92 Å². The van der Waals surface area contributed by atoms with Gasteiger partial charge >= 0.3 is 23.9 Å². The Hall–Kier alpha value is -6.44. The Morgan fingerprint density at radius 2 is 1.18 bits per heavy atom. The molecule has 0 aromatic rings. The van der Waals surface area contributed by atoms with Gasteiger partial charge in [0.05, 0.1) is 19.1 Å². The minimum absolute atomic E-state index is 0.0342. The summed E-state index contributed by atoms with van der Waals surface area (Å²) in [5.74, 6) is -14.3. The van der Waals surface area contributed by atoms with Crippen LogP contribution in [0.4, 0.5) is 0 Å². The van der Waals surface area contributed by atoms with Gasteiger partial charge in [0.1, 0.15) is 42.3 Å². The van der Waals surface area contributed by atoms with Gasteiger partial charge in [0.25, 0.3) is 0 Å². The van der Waals surface area contributed by atoms with Crippen molar-refractivity contribution in [2.75, 3.05) is 13.2 Å². The molecule has 0 saturated carbocycles. The minimum Gasteiger partial charge on any atom is -0.481 e. The van der Waals surface area contributed by atoms with E-state index in [1.54, 1.807) is 13.8 Å². The van der Waals surface area contributed by atoms with Crippen molar-refractivity contribution in [3.05, 3.63) is 0 Å². The number of carboxylic acid groups (broad SMARTS) is 4. The van der Waals surface area contributed by atoms with Gasteiger partial charge in [-0.3, -0.25) is 52.7 Å². The number of hydrogen-bond donors (Lipinski definition) is 13. The van der Waals surface area contributed by atoms with Crippen LogP contribution >= 0.6 is 0 Å². The third-order valence-electron chi connectivity index (χ3n) is 9.77. The van der Waals surface area contributed by atoms with Crippen LogP contribution in [0.15, 0.2) is 0 Å². The second-order valence-corrected chi connectivity index (χ2v) is 14.6. The quantitative estimate of drug-likeness (QED) is 0.0349. The summed E-state index contributed by atoms with van der Waals surface area (Å²) in [6, 6.07) is -12.3. The third kappa shape index (κ3) is 18.0. The summed E-state index contributed by atoms with van der Waals surface area (Å²) in [7, 11) is 0. The molecule has 9 atom stereocenters. The van der Waals surface area contributed by atoms with Gasteiger partial charge < -0.3 is 73.8 Å². The Kier molecular flexibility index (Phi) is 22.5. The van der Waals surface area contributed by atoms with Gasteiger partial charge in [0, 0.05) is 25.8 Å². The van der Waals surface area contributed by atoms with Crippen LogP contribution in [0.5, 0.6) is 0 Å². The maximum atomic E-state index is 13.5. The fourth-order valence-corrected chi connectivity index (χ4v) is 6.03. The van der Waals surface area contributed by atoms with Crippen molar-refractivity contribution in [1.29, 1.82) is 0 Å². The first-order valence-electron chi connectivity index (χ1n) is 19.6. The molecule has 8 amide bonds. The Bertz CT molecular complexity index is 1690. The van der Waals surface area contributed by atoms with Crippen LogP contribution < -0.4 is 43.4 Å². The normalized spacial score (nSPS) is 17.2. The molecule has 1 fully saturated rings. The van der Waals surface area contributed by atoms with E-state index in [-0.39, 0.29) is 32.2 Å². The van der Waals surface area contributed by atoms with Crippen LogP contribution in [0.3, 0.4) is 0 Å². The number of likely N-dealkylation sites (tertiary alicyclic amines) is 1. The predicted molar refractivity (Wildman–Crippen MR) is 209 cm³/mol. The summed E-state index contributed by atoms with van der Waals surface area (Å²) < 4.78 is 0. The predicted octanol–water partition coefficient (Wildman–Crippen LogP) is -5.17. The second kappa shape index (κ2) is 26.0. The number of hydrogen-bond acceptors (Lipinski definition) is 14. The van der Waals surface area contributed by atoms with Gasteiger partial charge in [0.15, 0.2) is 0 Å². The third-order valence-corrected chi connectivity index (χ3v) is 9.77. The Labute approximate surface area is 354 Å². The molecule has 26 nitrogen and oxygen atoms in total. The van der Waals surface area contributed by atoms with E-state index in [0.717, 1.165) is 4.90 Å². The lowest BCUT2D eigenvalue weighted by Crippen LogP contribution is -2.61. The zero-order valence-electron chi connectivity index (χ0n) is 34.4. The number of aliphatic carboxylic acids is 4. The molecule has 0 spiro atoms. The standard InChI is InChI=1S/C36H57N9O17/c1-4-16(2)28(44-29(54)18(37)7-10-24(38)47)34(59)42-21(14-27(52)53)31(56)43-22(15-46)32(57)39-17(3)35(60)45-13-5-6-23(45)33(58)40-19(8-11-25(48)49)30(55)41-20(36(61)62)9-12-26(50)51/h16-23,28,46H,4-15,37H2,1-3H3,(H2,38,47)(H,39,57)(H,40,58)(H,41,55)(H,42,59)(H,43,56)(H,44,54)(H,48,49)(H,50,51)(H,52,53)(H,61,62)/t16-,17-,18-,19-,20-,21-,22-,23-,28-/m0/s1. The van der Waals surface area contributed by atoms with Crippen molar-refractivity contribution in [2.45, 2.75) is 133 Å². The summed E-state index contributed by atoms with van der Waals surface area (Å²) in [6.07, 6.45) is -3.10. The Morgan fingerprint density at radius 3 is 1.69 bits per heavy atom. The van der Waals surface area contributed by atoms with Gasteiger partial charge in [-0.05, 0) is 44.9 Å². The second-order valence-electron chi connectivity index (χ2n) is 14.6. The average Bonchev–Trinajstić information content (AvgIpc) is 3.69. The zero-order valence-corrected chi connectivity index (χ0v) is 34.4. The maximum absolute atomic E-state index is 13.5. The first-order chi connectivity index (χ1) is 28.9. The molecule has 0 bridgehead atoms. The number of carbonyl (C=O) groups is 12. The van der Waals surface area contributed by atoms with E-state index < -0.39 is 164 Å². The molecule has 1 saturated heterocycles. The first kappa shape index (κ1) is 53.6. The van der Waals surface area contributed by atoms with Crippen LogP contribution in [-0.2, 0) is 57.5 Å². The first-order valence-corrected chi connectivity index (χ1v) is 19.6. The van der Waals surface area contributed by atoms with Crippen molar-refractivity contribution in [3.63, 3.8) is 0 Å². The van der Waals surface area contributed by atoms with Crippen molar-refractivity contribution in [2.24, 2.45) is 17.4 Å². The van der Waals surface area contributed by atoms with E-state index in [0.29, 0.717) is 6.42 Å². The molecule has 0 aromatic heterocycles. The topological polar surface area (TPSA) is 433 Å². The number of rotatable bonds is 28. The van der Waals surface area contributed by atoms with Gasteiger partial charge in [-0.2, -0.15) is 0 Å². The summed E-state index contributed by atoms with van der Waals surface area (Å²) in [5, 5.41) is 60.4. The number of nitrogens with one attached hydrogen (secondary N) is 6. The van der Waals surface area contributed by atoms with Gasteiger partial charge in [-0.15, -0.1) is 0 Å². The van der Waals surface area contributed by atoms with E-state index in [2.05, 4.69) is 31.9 Å². The molecule has 0 radical (unpaired) electrons. The lowest BCUT2D eigenvalue weighted by atomic mass is 9.97. The van der Waals surface area contributed by atoms with Gasteiger partial charge in [-0.1, -0.05) is 20.3 Å². The highest BCUT2D eigenvalue weighted by molar-refractivity contribution is 5.98. The van der Waals surface area contributed by atoms with E-state index in [4.69, 9.17) is 16.6 Å². The summed E-state index contributed by atoms with van der Waals surface area (Å²) in [6.45, 7) is 3.33. The fraction of sp³-hybridized carbons (Fsp3) is 0.667. The monoisotopic (exact) mass is 887 g/mol. The number of carbonyl (C=O) groups excluding carboxylic acids is 8. The highest BCUT2D eigenvalue weighted by Gasteiger charge is 2.39. The molecule has 1 aliphatic rings. The molecule has 26 heteroatoms. The fourth-order valence-electron chi connectivity index (χ4n) is 6.03. The maximum Gasteiger partial charge on any atom is 0.326 e. The highest BCUT2D eigenvalue weighted by atomic mass is 16.4. The van der Waals surface area contributed by atoms with Crippen molar-refractivity contribution in [3.8, 4) is 0 Å². The SMILES string of the molecule is CC[C@H](C)[C@H](NC(=O)[C@@H](N)CCC(N)=O)C(=O)N[C@@H](CC(=O)O)C(=O)N[C@@H](CO)C(=O)N[C@@H](C)C(=O)N1CCC[C@H]1C(=O)N[C@@H](CCC(=O)O)C(=O)N[C@@H](CCC(=O)O)C(=O)O. The van der Waals surface area contributed by atoms with Crippen LogP contribution in [0.2, 0.25) is 0 Å². The molecular formula is C36H57N9O17. The number of carboxylic acids is 4. The number of nitrogens with zero attached hydrogens (tertiary/aromatic N) is 1. The zero-order chi connectivity index (χ0) is 47.4. The molecule has 1 heterocycles. The summed E-state index contributed by atoms with van der Waals surface area (Å²) >= 11 is 0. The molecule has 0 unspecified atom stereocenters. The van der Waals surface area contributed by atoms with E-state index in [1.165, 1.54) is 6.92 Å². The summed E-state index contributed by atoms with van der Waals surface area (Å²) in [5.41, 5.74) is 10.9. The van der Waals surface area contributed by atoms with Crippen molar-refractivity contribution >= 4 is 71.1 Å². The van der Waals surface area contributed by atoms with Crippen LogP contribution in [0.1, 0.15) is 85.0 Å². The Balaban J connectivity index is 3.11. The smallest absolute Gasteiger partial charge is 0.326 e. The molecule has 1 aliphatic heterocycles. The molecule has 348 valence electrons. The molecule has 0 aromatic carbocycles. The van der Waals surface area contributed by atoms with E-state index >= 15 is 0 Å². The minimum atomic E-state index is -1.86. The van der Waals surface area contributed by atoms with Gasteiger partial charge in [-0.25, -0.2) is 4.79 Å². The van der Waals surface area contributed by atoms with Crippen LogP contribution in [0.25, 0.3) is 0 Å². The number of aliphatic hydroxyl groups is 1. The van der Waals surface area contributed by atoms with E-state index in [1.807, 2.05) is 0 Å². The molecule has 62 heavy (non-hydrogen) atoms. The van der Waals surface area contributed by atoms with Crippen molar-refractivity contribution < 1.29 is 83.1 Å². The Morgan fingerprint density at radius 1 is 0.645 bits per heavy atom. The number of amides is 8. The van der Waals surface area contributed by atoms with Gasteiger partial charge in [0.2, 0.25) is 47.3 Å². The highest BCUT2D eigenvalue weighted by Crippen LogP contribution is 2.19. The largest absolute Gasteiger partial charge is 0.481 e. The number of nitrogens with two attached hydrogens (primary N) is 2. The lowest BCUT2D eigenvalue weighted by molar-refractivity contribution is -0.145. The molecule has 0 aliphatic carbocycles. The summed E-state index contributed by atoms with van der Waals surface area (Å²) in [4.78, 5) is 150. The number of primary amides is 1. The molecule has 15 N–H and O–H groups in total. The average molecular weight is 888 g/mol. The molecular weight excluding hydrogens is 830 g/mol. The molecule has 1 rings (SSSR count). The van der Waals surface area contributed by atoms with Crippen molar-refractivity contribution in [1.82, 2.24) is 36.8 Å². The van der Waals surface area contributed by atoms with Crippen LogP contribution in [-0.4, -0.2) is 163 Å². The number of aliphatic hydroxyl groups excluding tert-OH is 1.